The molecule has 15 heteroatoms. The number of benzene rings is 3. The second kappa shape index (κ2) is 15.4. The van der Waals surface area contributed by atoms with Gasteiger partial charge in [-0.05, 0) is 86.7 Å². The lowest BCUT2D eigenvalue weighted by molar-refractivity contribution is -0.136. The van der Waals surface area contributed by atoms with Crippen molar-refractivity contribution in [1.29, 1.82) is 0 Å². The third kappa shape index (κ3) is 7.19. The Morgan fingerprint density at radius 1 is 0.754 bits per heavy atom. The molecule has 5 aromatic rings. The maximum absolute atomic E-state index is 13.2. The predicted molar refractivity (Wildman–Crippen MR) is 210 cm³/mol. The van der Waals surface area contributed by atoms with Gasteiger partial charge in [0.1, 0.15) is 47.7 Å². The zero-order valence-electron chi connectivity index (χ0n) is 31.4. The van der Waals surface area contributed by atoms with E-state index in [1.807, 2.05) is 54.6 Å². The Hall–Kier alpha value is -6.19. The number of nitrogens with two attached hydrogens (primary N) is 1. The number of imide groups is 2. The van der Waals surface area contributed by atoms with Crippen molar-refractivity contribution < 1.29 is 28.7 Å². The number of fused-ring (bicyclic) bond motifs is 2. The Morgan fingerprint density at radius 3 is 2.21 bits per heavy atom. The fourth-order valence-electron chi connectivity index (χ4n) is 8.61. The molecule has 3 fully saturated rings. The van der Waals surface area contributed by atoms with Gasteiger partial charge in [-0.25, -0.2) is 14.6 Å². The highest BCUT2D eigenvalue weighted by Gasteiger charge is 2.44. The summed E-state index contributed by atoms with van der Waals surface area (Å²) in [6.45, 7) is 4.98. The summed E-state index contributed by atoms with van der Waals surface area (Å²) >= 11 is 0. The van der Waals surface area contributed by atoms with Crippen LogP contribution in [-0.2, 0) is 9.59 Å². The van der Waals surface area contributed by atoms with Gasteiger partial charge in [-0.1, -0.05) is 18.2 Å². The molecule has 0 spiro atoms. The second-order valence-electron chi connectivity index (χ2n) is 15.0. The van der Waals surface area contributed by atoms with Crippen LogP contribution in [0.15, 0.2) is 79.1 Å². The molecule has 2 saturated heterocycles. The van der Waals surface area contributed by atoms with E-state index >= 15 is 0 Å². The lowest BCUT2D eigenvalue weighted by Gasteiger charge is -2.42. The fourth-order valence-corrected chi connectivity index (χ4v) is 8.61. The number of piperazine rings is 1. The van der Waals surface area contributed by atoms with Crippen molar-refractivity contribution in [2.24, 2.45) is 0 Å². The molecule has 57 heavy (non-hydrogen) atoms. The first-order valence-corrected chi connectivity index (χ1v) is 19.6. The van der Waals surface area contributed by atoms with Crippen molar-refractivity contribution in [3.63, 3.8) is 0 Å². The zero-order chi connectivity index (χ0) is 39.0. The van der Waals surface area contributed by atoms with Crippen LogP contribution >= 0.6 is 0 Å². The standard InChI is InChI=1S/C42H43N9O6/c43-38-36-37(26-6-12-30(13-7-26)57-29-4-2-1-3-5-29)47-51(39(36)45-25-44-38)28-10-8-27(9-11-28)49-20-18-48(19-21-49)22-23-56-31-14-15-32-33(24-31)42(55)50(41(32)54)34-16-17-35(52)46-40(34)53/h1-7,12-15,24-25,27-28,34H,8-11,16-23H2,(H2,43,44,45)(H,46,52,53). The molecule has 1 atom stereocenters. The normalized spacial score (nSPS) is 21.8. The van der Waals surface area contributed by atoms with Gasteiger partial charge in [-0.2, -0.15) is 5.10 Å². The van der Waals surface area contributed by atoms with Crippen LogP contribution in [0.3, 0.4) is 0 Å². The van der Waals surface area contributed by atoms with Gasteiger partial charge in [0.25, 0.3) is 11.8 Å². The molecule has 3 aromatic carbocycles. The Bertz CT molecular complexity index is 2330. The molecular weight excluding hydrogens is 727 g/mol. The van der Waals surface area contributed by atoms with E-state index in [2.05, 4.69) is 29.8 Å². The van der Waals surface area contributed by atoms with E-state index in [9.17, 15) is 19.2 Å². The van der Waals surface area contributed by atoms with E-state index in [1.54, 1.807) is 18.2 Å². The average molecular weight is 770 g/mol. The van der Waals surface area contributed by atoms with Crippen LogP contribution in [0.2, 0.25) is 0 Å². The van der Waals surface area contributed by atoms with E-state index < -0.39 is 29.7 Å². The molecule has 1 aliphatic carbocycles. The van der Waals surface area contributed by atoms with Crippen molar-refractivity contribution in [2.45, 2.75) is 56.7 Å². The van der Waals surface area contributed by atoms with E-state index in [1.165, 1.54) is 6.33 Å². The molecule has 4 amide bonds. The number of carbonyl (C=O) groups is 4. The summed E-state index contributed by atoms with van der Waals surface area (Å²) in [5.74, 6) is 0.320. The number of amides is 4. The Kier molecular flexibility index (Phi) is 9.84. The minimum absolute atomic E-state index is 0.0780. The second-order valence-corrected chi connectivity index (χ2v) is 15.0. The van der Waals surface area contributed by atoms with E-state index in [-0.39, 0.29) is 30.0 Å². The molecule has 0 bridgehead atoms. The molecule has 1 unspecified atom stereocenters. The maximum atomic E-state index is 13.2. The quantitative estimate of drug-likeness (QED) is 0.191. The molecule has 2 aromatic heterocycles. The summed E-state index contributed by atoms with van der Waals surface area (Å²) in [5.41, 5.74) is 9.34. The third-order valence-corrected chi connectivity index (χ3v) is 11.6. The van der Waals surface area contributed by atoms with Crippen LogP contribution < -0.4 is 20.5 Å². The SMILES string of the molecule is Nc1ncnc2c1c(-c1ccc(Oc3ccccc3)cc1)nn2C1CCC(N2CCN(CCOc3ccc4c(c3)C(=O)N(C3CCC(=O)NC3=O)C4=O)CC2)CC1. The lowest BCUT2D eigenvalue weighted by atomic mass is 9.90. The number of aromatic nitrogens is 4. The summed E-state index contributed by atoms with van der Waals surface area (Å²) in [6, 6.07) is 22.1. The first-order chi connectivity index (χ1) is 27.8. The summed E-state index contributed by atoms with van der Waals surface area (Å²) < 4.78 is 14.1. The minimum atomic E-state index is -0.996. The number of hydrogen-bond acceptors (Lipinski definition) is 12. The van der Waals surface area contributed by atoms with E-state index in [4.69, 9.17) is 20.3 Å². The van der Waals surface area contributed by atoms with Crippen molar-refractivity contribution in [1.82, 2.24) is 39.8 Å². The van der Waals surface area contributed by atoms with Crippen molar-refractivity contribution in [3.8, 4) is 28.5 Å². The number of nitrogen functional groups attached to an aromatic ring is 1. The van der Waals surface area contributed by atoms with Crippen molar-refractivity contribution in [2.75, 3.05) is 45.1 Å². The third-order valence-electron chi connectivity index (χ3n) is 11.6. The molecule has 3 aliphatic heterocycles. The Morgan fingerprint density at radius 2 is 1.46 bits per heavy atom. The lowest BCUT2D eigenvalue weighted by Crippen LogP contribution is -2.54. The molecule has 0 radical (unpaired) electrons. The molecule has 4 aliphatic rings. The number of hydrogen-bond donors (Lipinski definition) is 2. The molecule has 3 N–H and O–H groups in total. The van der Waals surface area contributed by atoms with Gasteiger partial charge in [0, 0.05) is 50.7 Å². The molecule has 9 rings (SSSR count). The summed E-state index contributed by atoms with van der Waals surface area (Å²) in [7, 11) is 0. The van der Waals surface area contributed by atoms with Crippen LogP contribution in [0.5, 0.6) is 17.2 Å². The Balaban J connectivity index is 0.765. The number of ether oxygens (including phenoxy) is 2. The molecule has 5 heterocycles. The predicted octanol–water partition coefficient (Wildman–Crippen LogP) is 4.45. The smallest absolute Gasteiger partial charge is 0.262 e. The molecule has 1 saturated carbocycles. The van der Waals surface area contributed by atoms with Gasteiger partial charge in [-0.3, -0.25) is 39.2 Å². The minimum Gasteiger partial charge on any atom is -0.492 e. The first-order valence-electron chi connectivity index (χ1n) is 19.6. The number of anilines is 1. The highest BCUT2D eigenvalue weighted by Crippen LogP contribution is 2.38. The highest BCUT2D eigenvalue weighted by atomic mass is 16.5. The van der Waals surface area contributed by atoms with Gasteiger partial charge in [-0.15, -0.1) is 0 Å². The van der Waals surface area contributed by atoms with Gasteiger partial charge >= 0.3 is 0 Å². The van der Waals surface area contributed by atoms with Gasteiger partial charge < -0.3 is 15.2 Å². The molecule has 292 valence electrons. The van der Waals surface area contributed by atoms with E-state index in [0.29, 0.717) is 24.2 Å². The summed E-state index contributed by atoms with van der Waals surface area (Å²) in [5, 5.41) is 8.10. The fraction of sp³-hybridized carbons (Fsp3) is 0.357. The molecule has 15 nitrogen and oxygen atoms in total. The zero-order valence-corrected chi connectivity index (χ0v) is 31.4. The topological polar surface area (TPSA) is 178 Å². The average Bonchev–Trinajstić information content (AvgIpc) is 3.74. The monoisotopic (exact) mass is 769 g/mol. The molecular formula is C42H43N9O6. The number of rotatable bonds is 10. The van der Waals surface area contributed by atoms with Crippen LogP contribution in [0, 0.1) is 0 Å². The van der Waals surface area contributed by atoms with Crippen molar-refractivity contribution in [3.05, 3.63) is 90.3 Å². The van der Waals surface area contributed by atoms with Crippen molar-refractivity contribution >= 4 is 40.5 Å². The summed E-state index contributed by atoms with van der Waals surface area (Å²) in [6.07, 6.45) is 5.82. The number of piperidine rings is 1. The highest BCUT2D eigenvalue weighted by molar-refractivity contribution is 6.23. The van der Waals surface area contributed by atoms with Crippen LogP contribution in [0.1, 0.15) is 65.3 Å². The number of nitrogens with zero attached hydrogens (tertiary/aromatic N) is 7. The Labute approximate surface area is 328 Å². The van der Waals surface area contributed by atoms with Crippen LogP contribution in [0.4, 0.5) is 5.82 Å². The summed E-state index contributed by atoms with van der Waals surface area (Å²) in [4.78, 5) is 65.1. The van der Waals surface area contributed by atoms with Gasteiger partial charge in [0.05, 0.1) is 22.6 Å². The number of nitrogens with one attached hydrogen (secondary N) is 1. The number of carbonyl (C=O) groups excluding carboxylic acids is 4. The van der Waals surface area contributed by atoms with Gasteiger partial charge in [0.15, 0.2) is 5.65 Å². The van der Waals surface area contributed by atoms with Crippen LogP contribution in [-0.4, -0.2) is 109 Å². The van der Waals surface area contributed by atoms with E-state index in [0.717, 1.165) is 97.1 Å². The first kappa shape index (κ1) is 36.4. The van der Waals surface area contributed by atoms with Gasteiger partial charge in [0.2, 0.25) is 11.8 Å². The van der Waals surface area contributed by atoms with Crippen LogP contribution in [0.25, 0.3) is 22.3 Å². The largest absolute Gasteiger partial charge is 0.492 e. The number of para-hydroxylation sites is 1. The maximum Gasteiger partial charge on any atom is 0.262 e.